The molecule has 0 saturated heterocycles. The van der Waals surface area contributed by atoms with Gasteiger partial charge in [0.2, 0.25) is 0 Å². The lowest BCUT2D eigenvalue weighted by atomic mass is 9.73. The van der Waals surface area contributed by atoms with Crippen LogP contribution in [0, 0.1) is 17.8 Å². The maximum atomic E-state index is 6.24. The van der Waals surface area contributed by atoms with E-state index in [2.05, 4.69) is 18.8 Å². The summed E-state index contributed by atoms with van der Waals surface area (Å²) in [5.41, 5.74) is 8.16. The molecule has 2 rings (SSSR count). The van der Waals surface area contributed by atoms with E-state index in [0.29, 0.717) is 12.0 Å². The van der Waals surface area contributed by atoms with Gasteiger partial charge in [-0.3, -0.25) is 4.98 Å². The van der Waals surface area contributed by atoms with Gasteiger partial charge in [0.05, 0.1) is 5.51 Å². The number of nitrogens with zero attached hydrogens (tertiary/aromatic N) is 1. The van der Waals surface area contributed by atoms with Crippen LogP contribution in [0.1, 0.15) is 38.0 Å². The van der Waals surface area contributed by atoms with Gasteiger partial charge in [0.15, 0.2) is 0 Å². The van der Waals surface area contributed by atoms with Crippen molar-refractivity contribution in [2.24, 2.45) is 23.5 Å². The predicted molar refractivity (Wildman–Crippen MR) is 69.5 cm³/mol. The van der Waals surface area contributed by atoms with E-state index in [4.69, 9.17) is 5.73 Å². The van der Waals surface area contributed by atoms with Crippen LogP contribution in [0.4, 0.5) is 0 Å². The van der Waals surface area contributed by atoms with Crippen LogP contribution in [0.25, 0.3) is 0 Å². The van der Waals surface area contributed by atoms with Crippen LogP contribution >= 0.6 is 11.3 Å². The molecule has 3 unspecified atom stereocenters. The van der Waals surface area contributed by atoms with Crippen molar-refractivity contribution in [1.82, 2.24) is 4.98 Å². The Balaban J connectivity index is 1.96. The van der Waals surface area contributed by atoms with Gasteiger partial charge in [-0.25, -0.2) is 0 Å². The molecule has 1 saturated carbocycles. The van der Waals surface area contributed by atoms with Crippen LogP contribution in [0.3, 0.4) is 0 Å². The number of thiazole rings is 1. The standard InChI is InChI=1S/C13H22N2S/c1-9(2)10-3-4-13(14)11(5-10)6-12-7-15-8-16-12/h7-11,13H,3-6,14H2,1-2H3. The zero-order chi connectivity index (χ0) is 11.5. The van der Waals surface area contributed by atoms with Gasteiger partial charge in [0.1, 0.15) is 0 Å². The van der Waals surface area contributed by atoms with E-state index in [1.54, 1.807) is 11.3 Å². The molecule has 1 aliphatic carbocycles. The second-order valence-corrected chi connectivity index (χ2v) is 6.38. The van der Waals surface area contributed by atoms with Gasteiger partial charge >= 0.3 is 0 Å². The first-order chi connectivity index (χ1) is 7.66. The minimum absolute atomic E-state index is 0.400. The lowest BCUT2D eigenvalue weighted by molar-refractivity contribution is 0.190. The maximum Gasteiger partial charge on any atom is 0.0794 e. The Labute approximate surface area is 102 Å². The molecule has 1 aliphatic rings. The Morgan fingerprint density at radius 1 is 1.50 bits per heavy atom. The van der Waals surface area contributed by atoms with Gasteiger partial charge in [-0.1, -0.05) is 13.8 Å². The van der Waals surface area contributed by atoms with Crippen molar-refractivity contribution in [2.75, 3.05) is 0 Å². The summed E-state index contributed by atoms with van der Waals surface area (Å²) >= 11 is 1.76. The summed E-state index contributed by atoms with van der Waals surface area (Å²) in [6.07, 6.45) is 6.95. The van der Waals surface area contributed by atoms with Crippen molar-refractivity contribution in [3.8, 4) is 0 Å². The summed E-state index contributed by atoms with van der Waals surface area (Å²) in [7, 11) is 0. The molecule has 0 amide bonds. The number of aromatic nitrogens is 1. The SMILES string of the molecule is CC(C)C1CCC(N)C(Cc2cncs2)C1. The van der Waals surface area contributed by atoms with Gasteiger partial charge in [0, 0.05) is 17.1 Å². The molecule has 16 heavy (non-hydrogen) atoms. The highest BCUT2D eigenvalue weighted by Gasteiger charge is 2.29. The first-order valence-electron chi connectivity index (χ1n) is 6.29. The molecule has 1 aromatic rings. The fourth-order valence-electron chi connectivity index (χ4n) is 2.77. The zero-order valence-electron chi connectivity index (χ0n) is 10.2. The first kappa shape index (κ1) is 12.1. The lowest BCUT2D eigenvalue weighted by Gasteiger charge is -2.35. The fraction of sp³-hybridized carbons (Fsp3) is 0.769. The normalized spacial score (nSPS) is 30.9. The molecule has 0 aromatic carbocycles. The molecule has 0 spiro atoms. The third-order valence-corrected chi connectivity index (χ3v) is 4.77. The van der Waals surface area contributed by atoms with Gasteiger partial charge in [-0.05, 0) is 43.4 Å². The topological polar surface area (TPSA) is 38.9 Å². The summed E-state index contributed by atoms with van der Waals surface area (Å²) in [4.78, 5) is 5.54. The monoisotopic (exact) mass is 238 g/mol. The molecule has 1 heterocycles. The molecule has 1 aromatic heterocycles. The summed E-state index contributed by atoms with van der Waals surface area (Å²) < 4.78 is 0. The number of hydrogen-bond acceptors (Lipinski definition) is 3. The van der Waals surface area contributed by atoms with E-state index in [-0.39, 0.29) is 0 Å². The largest absolute Gasteiger partial charge is 0.327 e. The zero-order valence-corrected chi connectivity index (χ0v) is 11.0. The number of nitrogens with two attached hydrogens (primary N) is 1. The van der Waals surface area contributed by atoms with Gasteiger partial charge in [-0.2, -0.15) is 0 Å². The van der Waals surface area contributed by atoms with E-state index in [1.165, 1.54) is 24.1 Å². The Morgan fingerprint density at radius 2 is 2.31 bits per heavy atom. The molecule has 0 bridgehead atoms. The Kier molecular flexibility index (Phi) is 3.98. The van der Waals surface area contributed by atoms with Crippen LogP contribution in [-0.4, -0.2) is 11.0 Å². The average molecular weight is 238 g/mol. The Morgan fingerprint density at radius 3 is 2.94 bits per heavy atom. The van der Waals surface area contributed by atoms with Crippen LogP contribution in [0.15, 0.2) is 11.7 Å². The molecule has 0 aliphatic heterocycles. The minimum Gasteiger partial charge on any atom is -0.327 e. The highest BCUT2D eigenvalue weighted by molar-refractivity contribution is 7.09. The highest BCUT2D eigenvalue weighted by atomic mass is 32.1. The second kappa shape index (κ2) is 5.28. The van der Waals surface area contributed by atoms with Crippen LogP contribution < -0.4 is 5.73 Å². The summed E-state index contributed by atoms with van der Waals surface area (Å²) in [6.45, 7) is 4.68. The van der Waals surface area contributed by atoms with Crippen molar-refractivity contribution >= 4 is 11.3 Å². The van der Waals surface area contributed by atoms with Crippen LogP contribution in [0.5, 0.6) is 0 Å². The van der Waals surface area contributed by atoms with Crippen LogP contribution in [-0.2, 0) is 6.42 Å². The molecule has 90 valence electrons. The molecular weight excluding hydrogens is 216 g/mol. The number of rotatable bonds is 3. The minimum atomic E-state index is 0.400. The first-order valence-corrected chi connectivity index (χ1v) is 7.17. The van der Waals surface area contributed by atoms with E-state index < -0.39 is 0 Å². The molecule has 2 N–H and O–H groups in total. The predicted octanol–water partition coefficient (Wildman–Crippen LogP) is 3.09. The van der Waals surface area contributed by atoms with Crippen molar-refractivity contribution < 1.29 is 0 Å². The van der Waals surface area contributed by atoms with E-state index in [9.17, 15) is 0 Å². The molecule has 3 atom stereocenters. The summed E-state index contributed by atoms with van der Waals surface area (Å²) in [5.74, 6) is 2.34. The van der Waals surface area contributed by atoms with Crippen LogP contribution in [0.2, 0.25) is 0 Å². The molecule has 2 nitrogen and oxygen atoms in total. The fourth-order valence-corrected chi connectivity index (χ4v) is 3.45. The highest BCUT2D eigenvalue weighted by Crippen LogP contribution is 2.35. The lowest BCUT2D eigenvalue weighted by Crippen LogP contribution is -2.38. The molecule has 3 heteroatoms. The van der Waals surface area contributed by atoms with Gasteiger partial charge < -0.3 is 5.73 Å². The van der Waals surface area contributed by atoms with E-state index >= 15 is 0 Å². The third kappa shape index (κ3) is 2.83. The molecule has 0 radical (unpaired) electrons. The average Bonchev–Trinajstić information content (AvgIpc) is 2.73. The van der Waals surface area contributed by atoms with Gasteiger partial charge in [-0.15, -0.1) is 11.3 Å². The molecular formula is C13H22N2S. The quantitative estimate of drug-likeness (QED) is 0.879. The Bertz CT molecular complexity index is 308. The van der Waals surface area contributed by atoms with E-state index in [1.807, 2.05) is 11.7 Å². The summed E-state index contributed by atoms with van der Waals surface area (Å²) in [6, 6.07) is 0.400. The van der Waals surface area contributed by atoms with Crippen molar-refractivity contribution in [1.29, 1.82) is 0 Å². The third-order valence-electron chi connectivity index (χ3n) is 3.97. The van der Waals surface area contributed by atoms with Crippen molar-refractivity contribution in [2.45, 2.75) is 45.6 Å². The van der Waals surface area contributed by atoms with Crippen molar-refractivity contribution in [3.05, 3.63) is 16.6 Å². The van der Waals surface area contributed by atoms with Gasteiger partial charge in [0.25, 0.3) is 0 Å². The Hall–Kier alpha value is -0.410. The molecule has 1 fully saturated rings. The second-order valence-electron chi connectivity index (χ2n) is 5.41. The number of hydrogen-bond donors (Lipinski definition) is 1. The van der Waals surface area contributed by atoms with Crippen molar-refractivity contribution in [3.63, 3.8) is 0 Å². The smallest absolute Gasteiger partial charge is 0.0794 e. The van der Waals surface area contributed by atoms with E-state index in [0.717, 1.165) is 18.3 Å². The summed E-state index contributed by atoms with van der Waals surface area (Å²) in [5, 5.41) is 0. The maximum absolute atomic E-state index is 6.24.